The number of thiazole rings is 1. The Morgan fingerprint density at radius 1 is 1.27 bits per heavy atom. The highest BCUT2D eigenvalue weighted by molar-refractivity contribution is 7.22. The number of aromatic nitrogens is 1. The van der Waals surface area contributed by atoms with Crippen LogP contribution in [0.5, 0.6) is 5.75 Å². The molecule has 5 nitrogen and oxygen atoms in total. The van der Waals surface area contributed by atoms with Crippen LogP contribution in [0.1, 0.15) is 54.4 Å². The van der Waals surface area contributed by atoms with Crippen molar-refractivity contribution in [3.05, 3.63) is 12.1 Å². The first kappa shape index (κ1) is 20.6. The van der Waals surface area contributed by atoms with Gasteiger partial charge in [0.05, 0.1) is 16.8 Å². The van der Waals surface area contributed by atoms with E-state index in [1.54, 1.807) is 11.3 Å². The van der Waals surface area contributed by atoms with Gasteiger partial charge in [0.2, 0.25) is 0 Å². The van der Waals surface area contributed by atoms with Gasteiger partial charge in [-0.15, -0.1) is 0 Å². The fourth-order valence-electron chi connectivity index (χ4n) is 3.30. The lowest BCUT2D eigenvalue weighted by Gasteiger charge is -2.23. The largest absolute Gasteiger partial charge is 0.491 e. The Bertz CT molecular complexity index is 731. The third-order valence-corrected chi connectivity index (χ3v) is 5.54. The molecule has 1 heterocycles. The molecule has 0 aliphatic carbocycles. The molecule has 1 aromatic heterocycles. The van der Waals surface area contributed by atoms with E-state index in [1.807, 2.05) is 12.1 Å². The molecule has 0 saturated carbocycles. The molecule has 2 N–H and O–H groups in total. The Labute approximate surface area is 161 Å². The number of hydrogen-bond donors (Lipinski definition) is 1. The first-order valence-corrected chi connectivity index (χ1v) is 10.3. The smallest absolute Gasteiger partial charge is 0.186 e. The lowest BCUT2D eigenvalue weighted by molar-refractivity contribution is -0.210. The van der Waals surface area contributed by atoms with Crippen LogP contribution in [0.25, 0.3) is 10.2 Å². The van der Waals surface area contributed by atoms with Gasteiger partial charge in [-0.05, 0) is 49.2 Å². The summed E-state index contributed by atoms with van der Waals surface area (Å²) in [5.41, 5.74) is 7.58. The molecule has 0 saturated heterocycles. The molecule has 1 unspecified atom stereocenters. The highest BCUT2D eigenvalue weighted by Crippen LogP contribution is 2.37. The van der Waals surface area contributed by atoms with Gasteiger partial charge in [-0.3, -0.25) is 0 Å². The van der Waals surface area contributed by atoms with Crippen molar-refractivity contribution >= 4 is 32.4 Å². The van der Waals surface area contributed by atoms with E-state index in [2.05, 4.69) is 51.6 Å². The molecule has 1 aromatic carbocycles. The topological polar surface area (TPSA) is 63.3 Å². The molecule has 6 heteroatoms. The van der Waals surface area contributed by atoms with Crippen molar-refractivity contribution in [2.45, 2.75) is 54.4 Å². The van der Waals surface area contributed by atoms with Gasteiger partial charge < -0.3 is 9.64 Å². The van der Waals surface area contributed by atoms with Crippen molar-refractivity contribution in [2.24, 2.45) is 16.4 Å². The zero-order valence-corrected chi connectivity index (χ0v) is 17.8. The van der Waals surface area contributed by atoms with Gasteiger partial charge in [0.25, 0.3) is 0 Å². The van der Waals surface area contributed by atoms with Crippen LogP contribution in [0, 0.1) is 11.3 Å². The van der Waals surface area contributed by atoms with Crippen LogP contribution in [-0.4, -0.2) is 24.7 Å². The summed E-state index contributed by atoms with van der Waals surface area (Å²) >= 11 is 1.67. The quantitative estimate of drug-likeness (QED) is 0.637. The van der Waals surface area contributed by atoms with Gasteiger partial charge in [-0.2, -0.15) is 5.53 Å². The summed E-state index contributed by atoms with van der Waals surface area (Å²) in [7, 11) is 0. The molecule has 2 aromatic rings. The maximum Gasteiger partial charge on any atom is 0.186 e. The predicted octanol–water partition coefficient (Wildman–Crippen LogP) is 4.83. The lowest BCUT2D eigenvalue weighted by atomic mass is 9.84. The van der Waals surface area contributed by atoms with Crippen LogP contribution in [-0.2, 0) is 0 Å². The molecule has 0 fully saturated rings. The van der Waals surface area contributed by atoms with Gasteiger partial charge >= 0.3 is 0 Å². The van der Waals surface area contributed by atoms with E-state index in [1.165, 1.54) is 6.42 Å². The highest BCUT2D eigenvalue weighted by atomic mass is 32.1. The van der Waals surface area contributed by atoms with Crippen LogP contribution in [0.3, 0.4) is 0 Å². The average molecular weight is 378 g/mol. The number of anilines is 1. The number of rotatable bonds is 9. The first-order chi connectivity index (χ1) is 12.3. The van der Waals surface area contributed by atoms with E-state index in [9.17, 15) is 0 Å². The van der Waals surface area contributed by atoms with E-state index >= 15 is 0 Å². The third-order valence-electron chi connectivity index (χ3n) is 4.46. The number of benzene rings is 1. The number of nitrogens with two attached hydrogens (primary N) is 1. The molecule has 1 atom stereocenters. The Hall–Kier alpha value is -1.69. The normalized spacial score (nSPS) is 13.0. The summed E-state index contributed by atoms with van der Waals surface area (Å²) in [6.07, 6.45) is 2.20. The highest BCUT2D eigenvalue weighted by Gasteiger charge is 2.17. The summed E-state index contributed by atoms with van der Waals surface area (Å²) in [5.74, 6) is 1.34. The van der Waals surface area contributed by atoms with Crippen molar-refractivity contribution in [1.82, 2.24) is 4.98 Å². The van der Waals surface area contributed by atoms with E-state index in [0.29, 0.717) is 23.6 Å². The standard InChI is InChI=1S/C20H32N4OS/c1-7-24(8-2)19-22-16-11-17(15(23-21)12-18(16)26-19)25-10-9-14(3)13-20(4,5)6/h11-12,14,21H,7-10,13H2,1-6H3/p+1. The fraction of sp³-hybridized carbons (Fsp3) is 0.650. The predicted molar refractivity (Wildman–Crippen MR) is 111 cm³/mol. The number of fused-ring (bicyclic) bond motifs is 1. The Balaban J connectivity index is 2.12. The summed E-state index contributed by atoms with van der Waals surface area (Å²) in [6.45, 7) is 15.9. The minimum absolute atomic E-state index is 0.345. The van der Waals surface area contributed by atoms with E-state index in [-0.39, 0.29) is 0 Å². The zero-order valence-electron chi connectivity index (χ0n) is 17.0. The number of nitrogens with zero attached hydrogens (tertiary/aromatic N) is 3. The van der Waals surface area contributed by atoms with Gasteiger partial charge in [0, 0.05) is 19.2 Å². The Morgan fingerprint density at radius 2 is 1.96 bits per heavy atom. The Kier molecular flexibility index (Phi) is 6.98. The Morgan fingerprint density at radius 3 is 2.54 bits per heavy atom. The van der Waals surface area contributed by atoms with Gasteiger partial charge in [-0.1, -0.05) is 39.0 Å². The summed E-state index contributed by atoms with van der Waals surface area (Å²) in [6, 6.07) is 3.95. The second kappa shape index (κ2) is 8.80. The molecule has 2 rings (SSSR count). The van der Waals surface area contributed by atoms with Crippen molar-refractivity contribution in [2.75, 3.05) is 24.6 Å². The molecule has 0 aliphatic heterocycles. The van der Waals surface area contributed by atoms with Crippen LogP contribution >= 0.6 is 11.3 Å². The van der Waals surface area contributed by atoms with Crippen molar-refractivity contribution in [1.29, 1.82) is 0 Å². The summed E-state index contributed by atoms with van der Waals surface area (Å²) in [5, 5.41) is 4.94. The fourth-order valence-corrected chi connectivity index (χ4v) is 4.40. The van der Waals surface area contributed by atoms with E-state index in [0.717, 1.165) is 40.6 Å². The van der Waals surface area contributed by atoms with Gasteiger partial charge in [-0.25, -0.2) is 4.98 Å². The van der Waals surface area contributed by atoms with Crippen LogP contribution < -0.4 is 15.2 Å². The third kappa shape index (κ3) is 5.40. The van der Waals surface area contributed by atoms with Crippen LogP contribution in [0.2, 0.25) is 0 Å². The lowest BCUT2D eigenvalue weighted by Crippen LogP contribution is -2.22. The SMILES string of the molecule is CCN(CC)c1nc2cc(OCCC(C)CC(C)(C)C)c(N=[NH2+])cc2s1. The summed E-state index contributed by atoms with van der Waals surface area (Å²) < 4.78 is 7.11. The first-order valence-electron chi connectivity index (χ1n) is 9.50. The second-order valence-electron chi connectivity index (χ2n) is 8.09. The molecule has 0 aliphatic rings. The molecule has 0 spiro atoms. The minimum atomic E-state index is 0.345. The molecule has 144 valence electrons. The van der Waals surface area contributed by atoms with E-state index in [4.69, 9.17) is 15.3 Å². The molecule has 0 bridgehead atoms. The van der Waals surface area contributed by atoms with Crippen molar-refractivity contribution < 1.29 is 10.3 Å². The monoisotopic (exact) mass is 377 g/mol. The molecular formula is C20H33N4OS+. The van der Waals surface area contributed by atoms with Gasteiger partial charge in [0.15, 0.2) is 16.6 Å². The number of hydrogen-bond acceptors (Lipinski definition) is 5. The second-order valence-corrected chi connectivity index (χ2v) is 9.10. The van der Waals surface area contributed by atoms with Crippen LogP contribution in [0.15, 0.2) is 17.2 Å². The number of ether oxygens (including phenoxy) is 1. The minimum Gasteiger partial charge on any atom is -0.491 e. The maximum absolute atomic E-state index is 6.02. The molecule has 0 amide bonds. The van der Waals surface area contributed by atoms with Gasteiger partial charge in [0.1, 0.15) is 0 Å². The van der Waals surface area contributed by atoms with E-state index < -0.39 is 0 Å². The molecule has 26 heavy (non-hydrogen) atoms. The molecular weight excluding hydrogens is 344 g/mol. The van der Waals surface area contributed by atoms with Crippen LogP contribution in [0.4, 0.5) is 10.8 Å². The van der Waals surface area contributed by atoms with Crippen molar-refractivity contribution in [3.63, 3.8) is 0 Å². The summed E-state index contributed by atoms with van der Waals surface area (Å²) in [4.78, 5) is 7.01. The van der Waals surface area contributed by atoms with Crippen molar-refractivity contribution in [3.8, 4) is 5.75 Å². The average Bonchev–Trinajstić information content (AvgIpc) is 2.96. The zero-order chi connectivity index (χ0) is 19.3. The maximum atomic E-state index is 6.02. The molecule has 0 radical (unpaired) electrons.